The SMILES string of the molecule is CN(C(=O)c1cccc(O)c1O)C1CCOCC1. The summed E-state index contributed by atoms with van der Waals surface area (Å²) in [4.78, 5) is 13.8. The fraction of sp³-hybridized carbons (Fsp3) is 0.462. The summed E-state index contributed by atoms with van der Waals surface area (Å²) >= 11 is 0. The number of hydrogen-bond acceptors (Lipinski definition) is 4. The predicted octanol–water partition coefficient (Wildman–Crippen LogP) is 1.35. The molecule has 0 saturated carbocycles. The van der Waals surface area contributed by atoms with E-state index in [1.807, 2.05) is 0 Å². The first-order valence-corrected chi connectivity index (χ1v) is 5.97. The number of amides is 1. The van der Waals surface area contributed by atoms with Gasteiger partial charge in [-0.15, -0.1) is 0 Å². The molecule has 1 aliphatic heterocycles. The third-order valence-corrected chi connectivity index (χ3v) is 3.30. The van der Waals surface area contributed by atoms with Crippen LogP contribution in [0.4, 0.5) is 0 Å². The Morgan fingerprint density at radius 1 is 1.33 bits per heavy atom. The van der Waals surface area contributed by atoms with E-state index in [0.29, 0.717) is 13.2 Å². The number of hydrogen-bond donors (Lipinski definition) is 2. The van der Waals surface area contributed by atoms with Crippen molar-refractivity contribution in [3.05, 3.63) is 23.8 Å². The average Bonchev–Trinajstić information content (AvgIpc) is 2.41. The van der Waals surface area contributed by atoms with E-state index in [4.69, 9.17) is 4.74 Å². The van der Waals surface area contributed by atoms with Gasteiger partial charge in [0, 0.05) is 26.3 Å². The summed E-state index contributed by atoms with van der Waals surface area (Å²) in [5.41, 5.74) is 0.129. The highest BCUT2D eigenvalue weighted by atomic mass is 16.5. The quantitative estimate of drug-likeness (QED) is 0.778. The second kappa shape index (κ2) is 5.27. The minimum Gasteiger partial charge on any atom is -0.504 e. The maximum Gasteiger partial charge on any atom is 0.257 e. The van der Waals surface area contributed by atoms with Crippen molar-refractivity contribution >= 4 is 5.91 Å². The van der Waals surface area contributed by atoms with E-state index in [9.17, 15) is 15.0 Å². The van der Waals surface area contributed by atoms with Gasteiger partial charge in [0.1, 0.15) is 0 Å². The van der Waals surface area contributed by atoms with Gasteiger partial charge in [0.05, 0.1) is 5.56 Å². The highest BCUT2D eigenvalue weighted by Gasteiger charge is 2.25. The van der Waals surface area contributed by atoms with Gasteiger partial charge in [0.2, 0.25) is 0 Å². The predicted molar refractivity (Wildman–Crippen MR) is 65.7 cm³/mol. The molecule has 0 aromatic heterocycles. The highest BCUT2D eigenvalue weighted by molar-refractivity contribution is 5.97. The van der Waals surface area contributed by atoms with Gasteiger partial charge in [-0.3, -0.25) is 4.79 Å². The Hall–Kier alpha value is -1.75. The van der Waals surface area contributed by atoms with Crippen LogP contribution in [-0.2, 0) is 4.74 Å². The molecule has 2 N–H and O–H groups in total. The molecule has 1 heterocycles. The van der Waals surface area contributed by atoms with E-state index >= 15 is 0 Å². The first-order chi connectivity index (χ1) is 8.61. The minimum atomic E-state index is -0.360. The zero-order chi connectivity index (χ0) is 13.1. The Morgan fingerprint density at radius 2 is 2.00 bits per heavy atom. The lowest BCUT2D eigenvalue weighted by molar-refractivity contribution is 0.0360. The summed E-state index contributed by atoms with van der Waals surface area (Å²) in [7, 11) is 1.71. The number of nitrogens with zero attached hydrogens (tertiary/aromatic N) is 1. The number of phenolic OH excluding ortho intramolecular Hbond substituents is 2. The fourth-order valence-corrected chi connectivity index (χ4v) is 2.13. The standard InChI is InChI=1S/C13H17NO4/c1-14(9-5-7-18-8-6-9)13(17)10-3-2-4-11(15)12(10)16/h2-4,9,15-16H,5-8H2,1H3. The van der Waals surface area contributed by atoms with Crippen LogP contribution in [0.2, 0.25) is 0 Å². The molecule has 0 spiro atoms. The van der Waals surface area contributed by atoms with Crippen LogP contribution in [0.3, 0.4) is 0 Å². The van der Waals surface area contributed by atoms with Crippen molar-refractivity contribution in [1.82, 2.24) is 4.90 Å². The lowest BCUT2D eigenvalue weighted by Gasteiger charge is -2.31. The largest absolute Gasteiger partial charge is 0.504 e. The highest BCUT2D eigenvalue weighted by Crippen LogP contribution is 2.29. The topological polar surface area (TPSA) is 70.0 Å². The Morgan fingerprint density at radius 3 is 2.67 bits per heavy atom. The Labute approximate surface area is 106 Å². The van der Waals surface area contributed by atoms with Crippen LogP contribution < -0.4 is 0 Å². The smallest absolute Gasteiger partial charge is 0.257 e. The van der Waals surface area contributed by atoms with Gasteiger partial charge < -0.3 is 19.8 Å². The zero-order valence-corrected chi connectivity index (χ0v) is 10.3. The number of ether oxygens (including phenoxy) is 1. The summed E-state index contributed by atoms with van der Waals surface area (Å²) < 4.78 is 5.25. The molecule has 1 aliphatic rings. The van der Waals surface area contributed by atoms with Crippen molar-refractivity contribution in [3.63, 3.8) is 0 Å². The molecule has 1 amide bonds. The molecule has 0 unspecified atom stereocenters. The average molecular weight is 251 g/mol. The van der Waals surface area contributed by atoms with Crippen molar-refractivity contribution in [1.29, 1.82) is 0 Å². The van der Waals surface area contributed by atoms with Gasteiger partial charge in [-0.05, 0) is 25.0 Å². The third kappa shape index (κ3) is 2.41. The van der Waals surface area contributed by atoms with Crippen molar-refractivity contribution in [2.75, 3.05) is 20.3 Å². The van der Waals surface area contributed by atoms with Crippen LogP contribution >= 0.6 is 0 Å². The molecule has 5 nitrogen and oxygen atoms in total. The van der Waals surface area contributed by atoms with E-state index < -0.39 is 0 Å². The molecule has 0 aliphatic carbocycles. The lowest BCUT2D eigenvalue weighted by Crippen LogP contribution is -2.40. The molecular weight excluding hydrogens is 234 g/mol. The van der Waals surface area contributed by atoms with Crippen molar-refractivity contribution < 1.29 is 19.7 Å². The number of aromatic hydroxyl groups is 2. The molecule has 0 bridgehead atoms. The van der Waals surface area contributed by atoms with Crippen LogP contribution in [0, 0.1) is 0 Å². The second-order valence-electron chi connectivity index (χ2n) is 4.43. The molecule has 18 heavy (non-hydrogen) atoms. The van der Waals surface area contributed by atoms with Crippen LogP contribution in [0.5, 0.6) is 11.5 Å². The zero-order valence-electron chi connectivity index (χ0n) is 10.3. The maximum absolute atomic E-state index is 12.2. The van der Waals surface area contributed by atoms with Crippen LogP contribution in [0.25, 0.3) is 0 Å². The Kier molecular flexibility index (Phi) is 3.72. The molecule has 98 valence electrons. The molecular formula is C13H17NO4. The number of rotatable bonds is 2. The fourth-order valence-electron chi connectivity index (χ4n) is 2.13. The van der Waals surface area contributed by atoms with Gasteiger partial charge in [0.15, 0.2) is 11.5 Å². The Bertz CT molecular complexity index is 441. The van der Waals surface area contributed by atoms with Gasteiger partial charge in [-0.25, -0.2) is 0 Å². The van der Waals surface area contributed by atoms with Gasteiger partial charge >= 0.3 is 0 Å². The number of benzene rings is 1. The summed E-state index contributed by atoms with van der Waals surface area (Å²) in [6, 6.07) is 4.52. The second-order valence-corrected chi connectivity index (χ2v) is 4.43. The first kappa shape index (κ1) is 12.7. The van der Waals surface area contributed by atoms with Crippen LogP contribution in [0.1, 0.15) is 23.2 Å². The van der Waals surface area contributed by atoms with Crippen molar-refractivity contribution in [2.45, 2.75) is 18.9 Å². The Balaban J connectivity index is 2.17. The molecule has 1 aromatic carbocycles. The van der Waals surface area contributed by atoms with Gasteiger partial charge in [0.25, 0.3) is 5.91 Å². The molecule has 0 atom stereocenters. The van der Waals surface area contributed by atoms with Crippen molar-refractivity contribution in [3.8, 4) is 11.5 Å². The van der Waals surface area contributed by atoms with Gasteiger partial charge in [-0.2, -0.15) is 0 Å². The van der Waals surface area contributed by atoms with Crippen LogP contribution in [-0.4, -0.2) is 47.3 Å². The van der Waals surface area contributed by atoms with E-state index in [-0.39, 0.29) is 29.0 Å². The monoisotopic (exact) mass is 251 g/mol. The maximum atomic E-state index is 12.2. The molecule has 1 aromatic rings. The van der Waals surface area contributed by atoms with Gasteiger partial charge in [-0.1, -0.05) is 6.07 Å². The van der Waals surface area contributed by atoms with Crippen LogP contribution in [0.15, 0.2) is 18.2 Å². The first-order valence-electron chi connectivity index (χ1n) is 5.97. The molecule has 1 saturated heterocycles. The molecule has 0 radical (unpaired) electrons. The minimum absolute atomic E-state index is 0.119. The van der Waals surface area contributed by atoms with E-state index in [2.05, 4.69) is 0 Å². The van der Waals surface area contributed by atoms with Crippen molar-refractivity contribution in [2.24, 2.45) is 0 Å². The summed E-state index contributed by atoms with van der Waals surface area (Å²) in [5, 5.41) is 19.1. The molecule has 5 heteroatoms. The number of carbonyl (C=O) groups is 1. The van der Waals surface area contributed by atoms with E-state index in [0.717, 1.165) is 12.8 Å². The lowest BCUT2D eigenvalue weighted by atomic mass is 10.1. The molecule has 1 fully saturated rings. The number of carbonyl (C=O) groups excluding carboxylic acids is 1. The molecule has 2 rings (SSSR count). The number of para-hydroxylation sites is 1. The summed E-state index contributed by atoms with van der Waals surface area (Å²) in [6.07, 6.45) is 1.59. The summed E-state index contributed by atoms with van der Waals surface area (Å²) in [5.74, 6) is -0.919. The normalized spacial score (nSPS) is 16.5. The van der Waals surface area contributed by atoms with E-state index in [1.165, 1.54) is 12.1 Å². The third-order valence-electron chi connectivity index (χ3n) is 3.30. The summed E-state index contributed by atoms with van der Waals surface area (Å²) in [6.45, 7) is 1.29. The van der Waals surface area contributed by atoms with E-state index in [1.54, 1.807) is 18.0 Å². The number of phenols is 2.